The van der Waals surface area contributed by atoms with Gasteiger partial charge in [-0.05, 0) is 18.6 Å². The molecular formula is C16H18FNO. The summed E-state index contributed by atoms with van der Waals surface area (Å²) < 4.78 is 13.8. The van der Waals surface area contributed by atoms with Gasteiger partial charge in [-0.3, -0.25) is 0 Å². The van der Waals surface area contributed by atoms with Crippen LogP contribution in [0.25, 0.3) is 0 Å². The molecule has 3 heteroatoms. The van der Waals surface area contributed by atoms with Crippen molar-refractivity contribution in [1.29, 1.82) is 0 Å². The van der Waals surface area contributed by atoms with Gasteiger partial charge >= 0.3 is 0 Å². The number of aliphatic hydroxyl groups excluding tert-OH is 1. The second-order valence-electron chi connectivity index (χ2n) is 4.81. The maximum atomic E-state index is 13.8. The first kappa shape index (κ1) is 13.7. The van der Waals surface area contributed by atoms with Crippen LogP contribution in [0.15, 0.2) is 54.6 Å². The summed E-state index contributed by atoms with van der Waals surface area (Å²) in [6.07, 6.45) is 0. The Balaban J connectivity index is 2.17. The Morgan fingerprint density at radius 1 is 1.05 bits per heavy atom. The van der Waals surface area contributed by atoms with E-state index in [9.17, 15) is 9.50 Å². The van der Waals surface area contributed by atoms with Crippen LogP contribution in [0, 0.1) is 5.82 Å². The van der Waals surface area contributed by atoms with Crippen LogP contribution in [0.4, 0.5) is 4.39 Å². The molecule has 2 aromatic rings. The summed E-state index contributed by atoms with van der Waals surface area (Å²) in [5.41, 5.74) is 0.785. The smallest absolute Gasteiger partial charge is 0.128 e. The Morgan fingerprint density at radius 3 is 2.32 bits per heavy atom. The van der Waals surface area contributed by atoms with Crippen molar-refractivity contribution in [2.75, 3.05) is 6.61 Å². The maximum Gasteiger partial charge on any atom is 0.128 e. The average Bonchev–Trinajstić information content (AvgIpc) is 2.46. The third-order valence-corrected chi connectivity index (χ3v) is 3.31. The van der Waals surface area contributed by atoms with Gasteiger partial charge in [-0.2, -0.15) is 0 Å². The topological polar surface area (TPSA) is 32.3 Å². The third kappa shape index (κ3) is 3.19. The van der Waals surface area contributed by atoms with Crippen LogP contribution in [-0.2, 0) is 12.1 Å². The summed E-state index contributed by atoms with van der Waals surface area (Å²) >= 11 is 0. The second-order valence-corrected chi connectivity index (χ2v) is 4.81. The molecule has 2 rings (SSSR count). The van der Waals surface area contributed by atoms with Crippen molar-refractivity contribution in [2.24, 2.45) is 0 Å². The molecular weight excluding hydrogens is 241 g/mol. The molecule has 0 aliphatic carbocycles. The van der Waals surface area contributed by atoms with Crippen LogP contribution in [0.3, 0.4) is 0 Å². The quantitative estimate of drug-likeness (QED) is 0.865. The number of aliphatic hydroxyl groups is 1. The van der Waals surface area contributed by atoms with E-state index in [0.717, 1.165) is 5.56 Å². The van der Waals surface area contributed by atoms with E-state index in [1.165, 1.54) is 6.07 Å². The second kappa shape index (κ2) is 5.95. The lowest BCUT2D eigenvalue weighted by Crippen LogP contribution is -2.43. The van der Waals surface area contributed by atoms with E-state index in [2.05, 4.69) is 5.32 Å². The van der Waals surface area contributed by atoms with Gasteiger partial charge in [-0.1, -0.05) is 48.5 Å². The summed E-state index contributed by atoms with van der Waals surface area (Å²) in [6.45, 7) is 2.21. The fourth-order valence-corrected chi connectivity index (χ4v) is 2.04. The minimum absolute atomic E-state index is 0.166. The zero-order chi connectivity index (χ0) is 13.7. The summed E-state index contributed by atoms with van der Waals surface area (Å²) in [5, 5.41) is 12.8. The summed E-state index contributed by atoms with van der Waals surface area (Å²) in [4.78, 5) is 0. The highest BCUT2D eigenvalue weighted by Gasteiger charge is 2.27. The molecule has 1 unspecified atom stereocenters. The van der Waals surface area contributed by atoms with Crippen LogP contribution in [0.1, 0.15) is 18.1 Å². The highest BCUT2D eigenvalue weighted by Crippen LogP contribution is 2.23. The minimum Gasteiger partial charge on any atom is -0.394 e. The van der Waals surface area contributed by atoms with Crippen LogP contribution < -0.4 is 5.32 Å². The molecule has 0 spiro atoms. The SMILES string of the molecule is CC(CO)(NCc1ccccc1)c1ccccc1F. The van der Waals surface area contributed by atoms with Gasteiger partial charge in [0, 0.05) is 12.1 Å². The molecule has 0 radical (unpaired) electrons. The molecule has 100 valence electrons. The van der Waals surface area contributed by atoms with E-state index in [-0.39, 0.29) is 12.4 Å². The van der Waals surface area contributed by atoms with E-state index in [1.807, 2.05) is 30.3 Å². The number of halogens is 1. The Morgan fingerprint density at radius 2 is 1.68 bits per heavy atom. The zero-order valence-electron chi connectivity index (χ0n) is 10.9. The molecule has 0 aromatic heterocycles. The minimum atomic E-state index is -0.790. The summed E-state index contributed by atoms with van der Waals surface area (Å²) in [6, 6.07) is 16.4. The fourth-order valence-electron chi connectivity index (χ4n) is 2.04. The first-order valence-electron chi connectivity index (χ1n) is 6.30. The van der Waals surface area contributed by atoms with Crippen molar-refractivity contribution < 1.29 is 9.50 Å². The first-order chi connectivity index (χ1) is 9.15. The predicted molar refractivity (Wildman–Crippen MR) is 74.1 cm³/mol. The van der Waals surface area contributed by atoms with Crippen molar-refractivity contribution in [2.45, 2.75) is 19.0 Å². The molecule has 0 amide bonds. The molecule has 0 heterocycles. The van der Waals surface area contributed by atoms with Gasteiger partial charge in [0.15, 0.2) is 0 Å². The predicted octanol–water partition coefficient (Wildman–Crippen LogP) is 2.82. The van der Waals surface area contributed by atoms with E-state index in [0.29, 0.717) is 12.1 Å². The lowest BCUT2D eigenvalue weighted by Gasteiger charge is -2.30. The van der Waals surface area contributed by atoms with Crippen molar-refractivity contribution >= 4 is 0 Å². The molecule has 0 bridgehead atoms. The van der Waals surface area contributed by atoms with Gasteiger partial charge in [0.05, 0.1) is 12.1 Å². The number of hydrogen-bond acceptors (Lipinski definition) is 2. The molecule has 1 atom stereocenters. The average molecular weight is 259 g/mol. The van der Waals surface area contributed by atoms with Gasteiger partial charge in [-0.25, -0.2) is 4.39 Å². The molecule has 0 aliphatic heterocycles. The maximum absolute atomic E-state index is 13.8. The Kier molecular flexibility index (Phi) is 4.30. The van der Waals surface area contributed by atoms with E-state index in [1.54, 1.807) is 25.1 Å². The van der Waals surface area contributed by atoms with Crippen molar-refractivity contribution in [1.82, 2.24) is 5.32 Å². The van der Waals surface area contributed by atoms with Crippen LogP contribution in [0.5, 0.6) is 0 Å². The van der Waals surface area contributed by atoms with Gasteiger partial charge in [0.25, 0.3) is 0 Å². The molecule has 0 aliphatic rings. The molecule has 0 saturated heterocycles. The van der Waals surface area contributed by atoms with Gasteiger partial charge < -0.3 is 10.4 Å². The van der Waals surface area contributed by atoms with E-state index >= 15 is 0 Å². The van der Waals surface area contributed by atoms with Gasteiger partial charge in [0.1, 0.15) is 5.82 Å². The lowest BCUT2D eigenvalue weighted by atomic mass is 9.92. The van der Waals surface area contributed by atoms with Crippen LogP contribution in [0.2, 0.25) is 0 Å². The molecule has 2 N–H and O–H groups in total. The number of rotatable bonds is 5. The van der Waals surface area contributed by atoms with Gasteiger partial charge in [0.2, 0.25) is 0 Å². The molecule has 19 heavy (non-hydrogen) atoms. The normalized spacial score (nSPS) is 14.1. The molecule has 0 saturated carbocycles. The largest absolute Gasteiger partial charge is 0.394 e. The molecule has 0 fully saturated rings. The third-order valence-electron chi connectivity index (χ3n) is 3.31. The number of benzene rings is 2. The fraction of sp³-hybridized carbons (Fsp3) is 0.250. The Bertz CT molecular complexity index is 529. The highest BCUT2D eigenvalue weighted by molar-refractivity contribution is 5.26. The van der Waals surface area contributed by atoms with Crippen molar-refractivity contribution in [3.05, 3.63) is 71.5 Å². The number of hydrogen-bond donors (Lipinski definition) is 2. The van der Waals surface area contributed by atoms with Gasteiger partial charge in [-0.15, -0.1) is 0 Å². The molecule has 2 aromatic carbocycles. The van der Waals surface area contributed by atoms with Crippen LogP contribution in [-0.4, -0.2) is 11.7 Å². The van der Waals surface area contributed by atoms with E-state index in [4.69, 9.17) is 0 Å². The monoisotopic (exact) mass is 259 g/mol. The Hall–Kier alpha value is -1.71. The zero-order valence-corrected chi connectivity index (χ0v) is 10.9. The van der Waals surface area contributed by atoms with Crippen molar-refractivity contribution in [3.8, 4) is 0 Å². The summed E-state index contributed by atoms with van der Waals surface area (Å²) in [5.74, 6) is -0.306. The lowest BCUT2D eigenvalue weighted by molar-refractivity contribution is 0.170. The summed E-state index contributed by atoms with van der Waals surface area (Å²) in [7, 11) is 0. The highest BCUT2D eigenvalue weighted by atomic mass is 19.1. The first-order valence-corrected chi connectivity index (χ1v) is 6.30. The number of nitrogens with one attached hydrogen (secondary N) is 1. The van der Waals surface area contributed by atoms with E-state index < -0.39 is 5.54 Å². The van der Waals surface area contributed by atoms with Crippen molar-refractivity contribution in [3.63, 3.8) is 0 Å². The molecule has 2 nitrogen and oxygen atoms in total. The standard InChI is InChI=1S/C16H18FNO/c1-16(12-19,14-9-5-6-10-15(14)17)18-11-13-7-3-2-4-8-13/h2-10,18-19H,11-12H2,1H3. The Labute approximate surface area is 112 Å². The van der Waals surface area contributed by atoms with Crippen LogP contribution >= 0.6 is 0 Å².